The Hall–Kier alpha value is -0.900. The van der Waals surface area contributed by atoms with E-state index in [2.05, 4.69) is 21.2 Å². The van der Waals surface area contributed by atoms with Crippen molar-refractivity contribution in [3.05, 3.63) is 68.9 Å². The van der Waals surface area contributed by atoms with Gasteiger partial charge >= 0.3 is 0 Å². The van der Waals surface area contributed by atoms with Crippen LogP contribution in [0.1, 0.15) is 11.1 Å². The zero-order valence-electron chi connectivity index (χ0n) is 10.3. The van der Waals surface area contributed by atoms with Crippen molar-refractivity contribution in [3.8, 4) is 0 Å². The highest BCUT2D eigenvalue weighted by Gasteiger charge is 2.00. The predicted octanol–water partition coefficient (Wildman–Crippen LogP) is 4.57. The molecule has 0 radical (unpaired) electrons. The molecule has 0 aliphatic heterocycles. The molecular formula is C15H14BrClFN. The maximum Gasteiger partial charge on any atom is 0.137 e. The lowest BCUT2D eigenvalue weighted by Crippen LogP contribution is -2.16. The lowest BCUT2D eigenvalue weighted by molar-refractivity contribution is 0.618. The number of nitrogens with one attached hydrogen (secondary N) is 1. The molecule has 4 heteroatoms. The van der Waals surface area contributed by atoms with Crippen molar-refractivity contribution in [1.82, 2.24) is 5.32 Å². The zero-order valence-corrected chi connectivity index (χ0v) is 12.6. The van der Waals surface area contributed by atoms with Crippen molar-refractivity contribution in [2.45, 2.75) is 13.0 Å². The van der Waals surface area contributed by atoms with Crippen LogP contribution in [0.2, 0.25) is 5.02 Å². The molecule has 0 heterocycles. The summed E-state index contributed by atoms with van der Waals surface area (Å²) in [4.78, 5) is 0. The van der Waals surface area contributed by atoms with Crippen LogP contribution in [0, 0.1) is 5.82 Å². The Morgan fingerprint density at radius 1 is 1.05 bits per heavy atom. The summed E-state index contributed by atoms with van der Waals surface area (Å²) in [6, 6.07) is 12.9. The summed E-state index contributed by atoms with van der Waals surface area (Å²) in [5, 5.41) is 4.09. The molecule has 0 aliphatic carbocycles. The number of halogens is 3. The van der Waals surface area contributed by atoms with Gasteiger partial charge in [-0.05, 0) is 64.3 Å². The molecule has 0 bridgehead atoms. The molecule has 2 rings (SSSR count). The van der Waals surface area contributed by atoms with Gasteiger partial charge in [0.1, 0.15) is 5.82 Å². The number of rotatable bonds is 5. The summed E-state index contributed by atoms with van der Waals surface area (Å²) in [6.07, 6.45) is 0.944. The highest BCUT2D eigenvalue weighted by atomic mass is 79.9. The van der Waals surface area contributed by atoms with Crippen LogP contribution in [0.15, 0.2) is 46.9 Å². The Kier molecular flexibility index (Phi) is 5.37. The summed E-state index contributed by atoms with van der Waals surface area (Å²) in [7, 11) is 0. The van der Waals surface area contributed by atoms with Crippen LogP contribution in [0.3, 0.4) is 0 Å². The van der Waals surface area contributed by atoms with Gasteiger partial charge in [-0.25, -0.2) is 4.39 Å². The fourth-order valence-corrected chi connectivity index (χ4v) is 2.32. The normalized spacial score (nSPS) is 10.7. The van der Waals surface area contributed by atoms with E-state index >= 15 is 0 Å². The van der Waals surface area contributed by atoms with E-state index in [1.807, 2.05) is 24.3 Å². The Labute approximate surface area is 125 Å². The summed E-state index contributed by atoms with van der Waals surface area (Å²) >= 11 is 9.01. The Balaban J connectivity index is 1.77. The van der Waals surface area contributed by atoms with Crippen molar-refractivity contribution in [2.75, 3.05) is 6.54 Å². The molecular weight excluding hydrogens is 329 g/mol. The number of benzene rings is 2. The topological polar surface area (TPSA) is 12.0 Å². The fraction of sp³-hybridized carbons (Fsp3) is 0.200. The first-order chi connectivity index (χ1) is 9.15. The summed E-state index contributed by atoms with van der Waals surface area (Å²) in [5.74, 6) is -0.232. The van der Waals surface area contributed by atoms with Gasteiger partial charge in [-0.3, -0.25) is 0 Å². The molecule has 0 atom stereocenters. The Morgan fingerprint density at radius 2 is 1.74 bits per heavy atom. The van der Waals surface area contributed by atoms with E-state index in [9.17, 15) is 4.39 Å². The van der Waals surface area contributed by atoms with Gasteiger partial charge in [-0.2, -0.15) is 0 Å². The minimum Gasteiger partial charge on any atom is -0.312 e. The standard InChI is InChI=1S/C15H14BrClFN/c16-14-9-12(3-6-15(14)18)10-19-8-7-11-1-4-13(17)5-2-11/h1-6,9,19H,7-8,10H2. The minimum absolute atomic E-state index is 0.232. The highest BCUT2D eigenvalue weighted by Crippen LogP contribution is 2.16. The van der Waals surface area contributed by atoms with Crippen molar-refractivity contribution in [2.24, 2.45) is 0 Å². The van der Waals surface area contributed by atoms with Gasteiger partial charge in [-0.15, -0.1) is 0 Å². The second kappa shape index (κ2) is 7.04. The first-order valence-corrected chi connectivity index (χ1v) is 7.21. The molecule has 1 N–H and O–H groups in total. The van der Waals surface area contributed by atoms with Gasteiger partial charge in [0.15, 0.2) is 0 Å². The zero-order chi connectivity index (χ0) is 13.7. The second-order valence-electron chi connectivity index (χ2n) is 4.30. The van der Waals surface area contributed by atoms with Crippen molar-refractivity contribution in [1.29, 1.82) is 0 Å². The van der Waals surface area contributed by atoms with Gasteiger partial charge in [-0.1, -0.05) is 29.8 Å². The third kappa shape index (κ3) is 4.60. The molecule has 0 aromatic heterocycles. The lowest BCUT2D eigenvalue weighted by atomic mass is 10.1. The lowest BCUT2D eigenvalue weighted by Gasteiger charge is -2.06. The SMILES string of the molecule is Fc1ccc(CNCCc2ccc(Cl)cc2)cc1Br. The molecule has 0 fully saturated rings. The van der Waals surface area contributed by atoms with Crippen molar-refractivity contribution >= 4 is 27.5 Å². The quantitative estimate of drug-likeness (QED) is 0.785. The van der Waals surface area contributed by atoms with E-state index in [0.29, 0.717) is 4.47 Å². The molecule has 0 aliphatic rings. The first-order valence-electron chi connectivity index (χ1n) is 6.04. The van der Waals surface area contributed by atoms with Crippen LogP contribution < -0.4 is 5.32 Å². The molecule has 0 saturated heterocycles. The maximum absolute atomic E-state index is 13.1. The van der Waals surface area contributed by atoms with Crippen LogP contribution in [0.25, 0.3) is 0 Å². The van der Waals surface area contributed by atoms with E-state index in [0.717, 1.165) is 30.1 Å². The van der Waals surface area contributed by atoms with E-state index in [-0.39, 0.29) is 5.82 Å². The molecule has 0 unspecified atom stereocenters. The van der Waals surface area contributed by atoms with Crippen LogP contribution in [-0.4, -0.2) is 6.54 Å². The third-order valence-electron chi connectivity index (χ3n) is 2.82. The van der Waals surface area contributed by atoms with Gasteiger partial charge < -0.3 is 5.32 Å². The van der Waals surface area contributed by atoms with Crippen LogP contribution in [0.5, 0.6) is 0 Å². The molecule has 2 aromatic rings. The summed E-state index contributed by atoms with van der Waals surface area (Å²) in [6.45, 7) is 1.60. The first kappa shape index (κ1) is 14.5. The Bertz CT molecular complexity index is 542. The molecule has 2 aromatic carbocycles. The third-order valence-corrected chi connectivity index (χ3v) is 3.68. The monoisotopic (exact) mass is 341 g/mol. The van der Waals surface area contributed by atoms with Gasteiger partial charge in [0.05, 0.1) is 4.47 Å². The molecule has 0 spiro atoms. The molecule has 19 heavy (non-hydrogen) atoms. The van der Waals surface area contributed by atoms with Crippen LogP contribution in [0.4, 0.5) is 4.39 Å². The predicted molar refractivity (Wildman–Crippen MR) is 81.0 cm³/mol. The molecule has 0 amide bonds. The minimum atomic E-state index is -0.232. The Morgan fingerprint density at radius 3 is 2.42 bits per heavy atom. The smallest absolute Gasteiger partial charge is 0.137 e. The van der Waals surface area contributed by atoms with E-state index in [4.69, 9.17) is 11.6 Å². The van der Waals surface area contributed by atoms with Gasteiger partial charge in [0.25, 0.3) is 0 Å². The van der Waals surface area contributed by atoms with E-state index in [1.54, 1.807) is 12.1 Å². The van der Waals surface area contributed by atoms with Gasteiger partial charge in [0, 0.05) is 11.6 Å². The highest BCUT2D eigenvalue weighted by molar-refractivity contribution is 9.10. The number of hydrogen-bond donors (Lipinski definition) is 1. The molecule has 0 saturated carbocycles. The summed E-state index contributed by atoms with van der Waals surface area (Å²) in [5.41, 5.74) is 2.31. The maximum atomic E-state index is 13.1. The van der Waals surface area contributed by atoms with Crippen LogP contribution in [-0.2, 0) is 13.0 Å². The van der Waals surface area contributed by atoms with Crippen molar-refractivity contribution < 1.29 is 4.39 Å². The van der Waals surface area contributed by atoms with E-state index in [1.165, 1.54) is 11.6 Å². The molecule has 100 valence electrons. The fourth-order valence-electron chi connectivity index (χ4n) is 1.77. The van der Waals surface area contributed by atoms with Crippen LogP contribution >= 0.6 is 27.5 Å². The second-order valence-corrected chi connectivity index (χ2v) is 5.59. The van der Waals surface area contributed by atoms with Crippen molar-refractivity contribution in [3.63, 3.8) is 0 Å². The average molecular weight is 343 g/mol. The van der Waals surface area contributed by atoms with Gasteiger partial charge in [0.2, 0.25) is 0 Å². The largest absolute Gasteiger partial charge is 0.312 e. The average Bonchev–Trinajstić information content (AvgIpc) is 2.41. The number of hydrogen-bond acceptors (Lipinski definition) is 1. The van der Waals surface area contributed by atoms with E-state index < -0.39 is 0 Å². The summed E-state index contributed by atoms with van der Waals surface area (Å²) < 4.78 is 13.6. The molecule has 1 nitrogen and oxygen atoms in total.